The molecule has 4 heteroatoms. The molecule has 1 amide bonds. The third kappa shape index (κ3) is 4.20. The predicted molar refractivity (Wildman–Crippen MR) is 70.0 cm³/mol. The van der Waals surface area contributed by atoms with E-state index in [1.54, 1.807) is 26.1 Å². The summed E-state index contributed by atoms with van der Waals surface area (Å²) in [5.74, 6) is 0.823. The molecule has 1 N–H and O–H groups in total. The Morgan fingerprint density at radius 1 is 1.33 bits per heavy atom. The molecule has 0 heterocycles. The van der Waals surface area contributed by atoms with Gasteiger partial charge in [-0.25, -0.2) is 0 Å². The molecular weight excluding hydrogens is 230 g/mol. The van der Waals surface area contributed by atoms with E-state index in [0.29, 0.717) is 25.0 Å². The van der Waals surface area contributed by atoms with Gasteiger partial charge in [0.1, 0.15) is 5.75 Å². The second kappa shape index (κ2) is 6.79. The maximum absolute atomic E-state index is 11.2. The Morgan fingerprint density at radius 3 is 2.61 bits per heavy atom. The third-order valence-electron chi connectivity index (χ3n) is 2.67. The maximum Gasteiger partial charge on any atom is 0.219 e. The molecular formula is C14H19NO3. The van der Waals surface area contributed by atoms with Gasteiger partial charge in [-0.15, -0.1) is 0 Å². The largest absolute Gasteiger partial charge is 0.493 e. The zero-order valence-corrected chi connectivity index (χ0v) is 11.1. The number of carbonyl (C=O) groups is 2. The molecule has 0 bridgehead atoms. The molecule has 0 aliphatic carbocycles. The summed E-state index contributed by atoms with van der Waals surface area (Å²) < 4.78 is 5.58. The highest BCUT2D eigenvalue weighted by Crippen LogP contribution is 2.19. The molecule has 0 radical (unpaired) electrons. The highest BCUT2D eigenvalue weighted by atomic mass is 16.5. The average molecular weight is 249 g/mol. The van der Waals surface area contributed by atoms with Gasteiger partial charge in [0, 0.05) is 19.0 Å². The molecule has 0 aliphatic rings. The van der Waals surface area contributed by atoms with Crippen LogP contribution in [-0.4, -0.2) is 25.3 Å². The van der Waals surface area contributed by atoms with Crippen molar-refractivity contribution in [3.63, 3.8) is 0 Å². The van der Waals surface area contributed by atoms with E-state index in [-0.39, 0.29) is 11.7 Å². The van der Waals surface area contributed by atoms with Crippen LogP contribution >= 0.6 is 0 Å². The zero-order valence-electron chi connectivity index (χ0n) is 11.1. The van der Waals surface area contributed by atoms with Crippen LogP contribution in [0.25, 0.3) is 0 Å². The van der Waals surface area contributed by atoms with E-state index in [1.807, 2.05) is 13.0 Å². The van der Waals surface area contributed by atoms with Crippen molar-refractivity contribution in [2.75, 3.05) is 13.7 Å². The Balaban J connectivity index is 2.48. The second-order valence-electron chi connectivity index (χ2n) is 4.16. The van der Waals surface area contributed by atoms with Crippen molar-refractivity contribution in [3.8, 4) is 5.75 Å². The minimum absolute atomic E-state index is 0.0160. The Morgan fingerprint density at radius 2 is 2.06 bits per heavy atom. The smallest absolute Gasteiger partial charge is 0.219 e. The van der Waals surface area contributed by atoms with Crippen molar-refractivity contribution >= 4 is 11.7 Å². The third-order valence-corrected chi connectivity index (χ3v) is 2.67. The predicted octanol–water partition coefficient (Wildman–Crippen LogP) is 2.10. The van der Waals surface area contributed by atoms with Crippen molar-refractivity contribution in [1.82, 2.24) is 5.32 Å². The van der Waals surface area contributed by atoms with Gasteiger partial charge in [0.2, 0.25) is 5.91 Å². The maximum atomic E-state index is 11.2. The van der Waals surface area contributed by atoms with E-state index in [0.717, 1.165) is 11.3 Å². The first kappa shape index (κ1) is 14.2. The highest BCUT2D eigenvalue weighted by molar-refractivity contribution is 5.94. The number of Topliss-reactive ketones (excluding diaryl/α,β-unsaturated/α-hetero) is 1. The SMILES string of the molecule is CNC(=O)CCCOc1ccc(C(C)=O)cc1C. The van der Waals surface area contributed by atoms with Crippen LogP contribution < -0.4 is 10.1 Å². The van der Waals surface area contributed by atoms with E-state index >= 15 is 0 Å². The lowest BCUT2D eigenvalue weighted by atomic mass is 10.1. The van der Waals surface area contributed by atoms with Crippen LogP contribution in [0.4, 0.5) is 0 Å². The van der Waals surface area contributed by atoms with Crippen molar-refractivity contribution in [3.05, 3.63) is 29.3 Å². The number of ketones is 1. The summed E-state index contributed by atoms with van der Waals surface area (Å²) >= 11 is 0. The lowest BCUT2D eigenvalue weighted by molar-refractivity contribution is -0.120. The van der Waals surface area contributed by atoms with Crippen LogP contribution in [0, 0.1) is 6.92 Å². The molecule has 0 saturated carbocycles. The number of ether oxygens (including phenoxy) is 1. The molecule has 0 aliphatic heterocycles. The molecule has 1 aromatic carbocycles. The first-order chi connectivity index (χ1) is 8.54. The molecule has 0 fully saturated rings. The van der Waals surface area contributed by atoms with Gasteiger partial charge in [0.15, 0.2) is 5.78 Å². The van der Waals surface area contributed by atoms with E-state index in [2.05, 4.69) is 5.32 Å². The van der Waals surface area contributed by atoms with Gasteiger partial charge in [0.25, 0.3) is 0 Å². The second-order valence-corrected chi connectivity index (χ2v) is 4.16. The lowest BCUT2D eigenvalue weighted by Crippen LogP contribution is -2.18. The first-order valence-electron chi connectivity index (χ1n) is 5.99. The van der Waals surface area contributed by atoms with Gasteiger partial charge in [0.05, 0.1) is 6.61 Å². The summed E-state index contributed by atoms with van der Waals surface area (Å²) in [5.41, 5.74) is 1.62. The summed E-state index contributed by atoms with van der Waals surface area (Å²) in [6.45, 7) is 3.94. The fourth-order valence-corrected chi connectivity index (χ4v) is 1.57. The number of aryl methyl sites for hydroxylation is 1. The standard InChI is InChI=1S/C14H19NO3/c1-10-9-12(11(2)16)6-7-13(10)18-8-4-5-14(17)15-3/h6-7,9H,4-5,8H2,1-3H3,(H,15,17). The Hall–Kier alpha value is -1.84. The Bertz CT molecular complexity index is 441. The summed E-state index contributed by atoms with van der Waals surface area (Å²) in [6.07, 6.45) is 1.13. The van der Waals surface area contributed by atoms with Gasteiger partial charge in [-0.1, -0.05) is 0 Å². The minimum Gasteiger partial charge on any atom is -0.493 e. The van der Waals surface area contributed by atoms with Gasteiger partial charge >= 0.3 is 0 Å². The van der Waals surface area contributed by atoms with E-state index < -0.39 is 0 Å². The van der Waals surface area contributed by atoms with Gasteiger partial charge < -0.3 is 10.1 Å². The summed E-state index contributed by atoms with van der Waals surface area (Å²) in [6, 6.07) is 5.37. The van der Waals surface area contributed by atoms with Crippen LogP contribution in [0.15, 0.2) is 18.2 Å². The lowest BCUT2D eigenvalue weighted by Gasteiger charge is -2.09. The Labute approximate surface area is 107 Å². The molecule has 18 heavy (non-hydrogen) atoms. The van der Waals surface area contributed by atoms with E-state index in [9.17, 15) is 9.59 Å². The number of hydrogen-bond acceptors (Lipinski definition) is 3. The van der Waals surface area contributed by atoms with Crippen molar-refractivity contribution in [2.45, 2.75) is 26.7 Å². The van der Waals surface area contributed by atoms with Gasteiger partial charge in [-0.3, -0.25) is 9.59 Å². The van der Waals surface area contributed by atoms with Crippen LogP contribution in [0.1, 0.15) is 35.7 Å². The van der Waals surface area contributed by atoms with Crippen LogP contribution in [0.2, 0.25) is 0 Å². The number of carbonyl (C=O) groups excluding carboxylic acids is 2. The van der Waals surface area contributed by atoms with Crippen molar-refractivity contribution < 1.29 is 14.3 Å². The number of hydrogen-bond donors (Lipinski definition) is 1. The fourth-order valence-electron chi connectivity index (χ4n) is 1.57. The molecule has 0 aromatic heterocycles. The molecule has 98 valence electrons. The molecule has 1 aromatic rings. The highest BCUT2D eigenvalue weighted by Gasteiger charge is 2.05. The number of amides is 1. The molecule has 0 saturated heterocycles. The van der Waals surface area contributed by atoms with Crippen LogP contribution in [0.3, 0.4) is 0 Å². The summed E-state index contributed by atoms with van der Waals surface area (Å²) in [4.78, 5) is 22.2. The molecule has 0 atom stereocenters. The number of rotatable bonds is 6. The molecule has 0 spiro atoms. The van der Waals surface area contributed by atoms with Crippen molar-refractivity contribution in [1.29, 1.82) is 0 Å². The molecule has 0 unspecified atom stereocenters. The fraction of sp³-hybridized carbons (Fsp3) is 0.429. The number of nitrogens with one attached hydrogen (secondary N) is 1. The Kier molecular flexibility index (Phi) is 5.36. The topological polar surface area (TPSA) is 55.4 Å². The average Bonchev–Trinajstić information content (AvgIpc) is 2.35. The van der Waals surface area contributed by atoms with Crippen LogP contribution in [-0.2, 0) is 4.79 Å². The normalized spacial score (nSPS) is 9.94. The molecule has 4 nitrogen and oxygen atoms in total. The number of benzene rings is 1. The minimum atomic E-state index is 0.0160. The summed E-state index contributed by atoms with van der Waals surface area (Å²) in [7, 11) is 1.62. The van der Waals surface area contributed by atoms with Crippen molar-refractivity contribution in [2.24, 2.45) is 0 Å². The molecule has 1 rings (SSSR count). The monoisotopic (exact) mass is 249 g/mol. The van der Waals surface area contributed by atoms with Crippen LogP contribution in [0.5, 0.6) is 5.75 Å². The van der Waals surface area contributed by atoms with E-state index in [1.165, 1.54) is 0 Å². The van der Waals surface area contributed by atoms with Gasteiger partial charge in [-0.2, -0.15) is 0 Å². The summed E-state index contributed by atoms with van der Waals surface area (Å²) in [5, 5.41) is 2.56. The zero-order chi connectivity index (χ0) is 13.5. The van der Waals surface area contributed by atoms with Gasteiger partial charge in [-0.05, 0) is 44.0 Å². The van der Waals surface area contributed by atoms with E-state index in [4.69, 9.17) is 4.74 Å². The quantitative estimate of drug-likeness (QED) is 0.620. The first-order valence-corrected chi connectivity index (χ1v) is 5.99.